The third-order valence-electron chi connectivity index (χ3n) is 3.05. The van der Waals surface area contributed by atoms with Gasteiger partial charge in [-0.3, -0.25) is 14.9 Å². The summed E-state index contributed by atoms with van der Waals surface area (Å²) in [6.07, 6.45) is 1.27. The number of non-ortho nitro benzene ring substituents is 1. The van der Waals surface area contributed by atoms with Crippen molar-refractivity contribution in [3.8, 4) is 0 Å². The van der Waals surface area contributed by atoms with Crippen LogP contribution in [-0.2, 0) is 14.8 Å². The average Bonchev–Trinajstić information content (AvgIpc) is 2.62. The zero-order valence-electron chi connectivity index (χ0n) is 13.1. The number of halogens is 1. The van der Waals surface area contributed by atoms with Gasteiger partial charge in [0, 0.05) is 12.1 Å². The molecule has 0 radical (unpaired) electrons. The Morgan fingerprint density at radius 2 is 1.77 bits per heavy atom. The summed E-state index contributed by atoms with van der Waals surface area (Å²) >= 11 is 0. The van der Waals surface area contributed by atoms with Crippen molar-refractivity contribution < 1.29 is 22.5 Å². The van der Waals surface area contributed by atoms with Crippen LogP contribution in [0, 0.1) is 15.9 Å². The van der Waals surface area contributed by atoms with Crippen molar-refractivity contribution >= 4 is 27.8 Å². The number of hydrogen-bond donors (Lipinski definition) is 2. The number of sulfonamides is 1. The molecule has 0 bridgehead atoms. The highest BCUT2D eigenvalue weighted by Crippen LogP contribution is 2.15. The monoisotopic (exact) mass is 380 g/mol. The molecule has 0 saturated carbocycles. The molecular formula is C15H13FN4O5S. The normalized spacial score (nSPS) is 11.4. The Labute approximate surface area is 147 Å². The molecule has 0 fully saturated rings. The predicted molar refractivity (Wildman–Crippen MR) is 90.4 cm³/mol. The lowest BCUT2D eigenvalue weighted by Crippen LogP contribution is -2.34. The molecule has 0 aromatic heterocycles. The molecule has 1 amide bonds. The van der Waals surface area contributed by atoms with Gasteiger partial charge in [0.2, 0.25) is 10.0 Å². The Balaban J connectivity index is 1.89. The number of nitro benzene ring substituents is 1. The highest BCUT2D eigenvalue weighted by atomic mass is 32.2. The first kappa shape index (κ1) is 19.1. The Kier molecular flexibility index (Phi) is 6.09. The molecule has 0 aliphatic heterocycles. The van der Waals surface area contributed by atoms with Crippen molar-refractivity contribution in [2.75, 3.05) is 6.54 Å². The molecule has 136 valence electrons. The van der Waals surface area contributed by atoms with E-state index in [-0.39, 0.29) is 10.6 Å². The predicted octanol–water partition coefficient (Wildman–Crippen LogP) is 1.16. The summed E-state index contributed by atoms with van der Waals surface area (Å²) in [5, 5.41) is 14.2. The molecule has 0 saturated heterocycles. The van der Waals surface area contributed by atoms with Crippen LogP contribution in [0.4, 0.5) is 10.1 Å². The topological polar surface area (TPSA) is 131 Å². The van der Waals surface area contributed by atoms with E-state index >= 15 is 0 Å². The molecule has 2 rings (SSSR count). The van der Waals surface area contributed by atoms with Crippen molar-refractivity contribution in [3.05, 3.63) is 70.0 Å². The first-order valence-electron chi connectivity index (χ1n) is 7.09. The highest BCUT2D eigenvalue weighted by molar-refractivity contribution is 7.89. The van der Waals surface area contributed by atoms with Crippen LogP contribution in [0.15, 0.2) is 58.5 Å². The molecule has 9 nitrogen and oxygen atoms in total. The van der Waals surface area contributed by atoms with Crippen LogP contribution in [0.1, 0.15) is 5.56 Å². The molecule has 2 aromatic carbocycles. The molecule has 0 atom stereocenters. The van der Waals surface area contributed by atoms with Crippen LogP contribution < -0.4 is 10.1 Å². The fraction of sp³-hybridized carbons (Fsp3) is 0.0667. The van der Waals surface area contributed by atoms with Gasteiger partial charge < -0.3 is 0 Å². The summed E-state index contributed by atoms with van der Waals surface area (Å²) in [6, 6.07) is 9.55. The van der Waals surface area contributed by atoms with Gasteiger partial charge in [-0.05, 0) is 29.8 Å². The molecule has 0 unspecified atom stereocenters. The van der Waals surface area contributed by atoms with Crippen LogP contribution in [0.3, 0.4) is 0 Å². The van der Waals surface area contributed by atoms with Crippen LogP contribution in [0.25, 0.3) is 0 Å². The van der Waals surface area contributed by atoms with E-state index in [0.29, 0.717) is 5.56 Å². The van der Waals surface area contributed by atoms with Gasteiger partial charge in [-0.2, -0.15) is 5.10 Å². The molecule has 0 aliphatic carbocycles. The summed E-state index contributed by atoms with van der Waals surface area (Å²) in [5.74, 6) is -1.14. The van der Waals surface area contributed by atoms with Gasteiger partial charge >= 0.3 is 0 Å². The minimum absolute atomic E-state index is 0.217. The summed E-state index contributed by atoms with van der Waals surface area (Å²) in [5.41, 5.74) is 2.40. The summed E-state index contributed by atoms with van der Waals surface area (Å²) in [7, 11) is -4.01. The van der Waals surface area contributed by atoms with E-state index in [1.807, 2.05) is 4.72 Å². The van der Waals surface area contributed by atoms with E-state index < -0.39 is 33.2 Å². The third-order valence-corrected chi connectivity index (χ3v) is 4.47. The van der Waals surface area contributed by atoms with Crippen molar-refractivity contribution in [2.24, 2.45) is 5.10 Å². The van der Waals surface area contributed by atoms with Crippen molar-refractivity contribution in [2.45, 2.75) is 4.90 Å². The highest BCUT2D eigenvalue weighted by Gasteiger charge is 2.16. The zero-order valence-corrected chi connectivity index (χ0v) is 13.9. The van der Waals surface area contributed by atoms with Crippen molar-refractivity contribution in [3.63, 3.8) is 0 Å². The lowest BCUT2D eigenvalue weighted by Gasteiger charge is -2.05. The van der Waals surface area contributed by atoms with Crippen LogP contribution in [-0.4, -0.2) is 32.0 Å². The van der Waals surface area contributed by atoms with Crippen LogP contribution in [0.5, 0.6) is 0 Å². The lowest BCUT2D eigenvalue weighted by molar-refractivity contribution is -0.384. The van der Waals surface area contributed by atoms with Gasteiger partial charge in [0.05, 0.1) is 22.6 Å². The zero-order chi connectivity index (χ0) is 19.2. The lowest BCUT2D eigenvalue weighted by atomic mass is 10.2. The standard InChI is InChI=1S/C15H13FN4O5S/c16-12-3-1-11(2-4-12)9-17-19-15(21)10-18-26(24,25)14-7-5-13(6-8-14)20(22)23/h1-9,18H,10H2,(H,19,21)/b17-9-. The van der Waals surface area contributed by atoms with E-state index in [2.05, 4.69) is 10.5 Å². The maximum atomic E-state index is 12.7. The Morgan fingerprint density at radius 3 is 2.35 bits per heavy atom. The van der Waals surface area contributed by atoms with Crippen LogP contribution >= 0.6 is 0 Å². The fourth-order valence-corrected chi connectivity index (χ4v) is 2.74. The van der Waals surface area contributed by atoms with Gasteiger partial charge in [-0.1, -0.05) is 12.1 Å². The summed E-state index contributed by atoms with van der Waals surface area (Å²) in [4.78, 5) is 21.3. The van der Waals surface area contributed by atoms with E-state index in [9.17, 15) is 27.7 Å². The number of nitrogens with one attached hydrogen (secondary N) is 2. The Morgan fingerprint density at radius 1 is 1.15 bits per heavy atom. The van der Waals surface area contributed by atoms with Crippen LogP contribution in [0.2, 0.25) is 0 Å². The van der Waals surface area contributed by atoms with Crippen molar-refractivity contribution in [1.82, 2.24) is 10.1 Å². The number of carbonyl (C=O) groups excluding carboxylic acids is 1. The number of rotatable bonds is 7. The molecule has 0 heterocycles. The maximum absolute atomic E-state index is 12.7. The third kappa shape index (κ3) is 5.43. The van der Waals surface area contributed by atoms with Gasteiger partial charge in [-0.25, -0.2) is 23.0 Å². The number of benzene rings is 2. The average molecular weight is 380 g/mol. The minimum atomic E-state index is -4.01. The quantitative estimate of drug-likeness (QED) is 0.423. The SMILES string of the molecule is O=C(CNS(=O)(=O)c1ccc([N+](=O)[O-])cc1)N/N=C\c1ccc(F)cc1. The van der Waals surface area contributed by atoms with Gasteiger partial charge in [0.1, 0.15) is 5.82 Å². The number of carbonyl (C=O) groups is 1. The van der Waals surface area contributed by atoms with E-state index in [1.165, 1.54) is 30.5 Å². The Bertz CT molecular complexity index is 928. The van der Waals surface area contributed by atoms with Gasteiger partial charge in [0.15, 0.2) is 0 Å². The number of hydrogen-bond acceptors (Lipinski definition) is 6. The van der Waals surface area contributed by atoms with E-state index in [1.54, 1.807) is 0 Å². The molecule has 2 N–H and O–H groups in total. The summed E-state index contributed by atoms with van der Waals surface area (Å²) < 4.78 is 38.8. The second-order valence-electron chi connectivity index (χ2n) is 4.92. The molecule has 2 aromatic rings. The van der Waals surface area contributed by atoms with E-state index in [4.69, 9.17) is 0 Å². The maximum Gasteiger partial charge on any atom is 0.269 e. The van der Waals surface area contributed by atoms with Gasteiger partial charge in [0.25, 0.3) is 11.6 Å². The minimum Gasteiger partial charge on any atom is -0.272 e. The molecule has 0 aliphatic rings. The van der Waals surface area contributed by atoms with Gasteiger partial charge in [-0.15, -0.1) is 0 Å². The summed E-state index contributed by atoms with van der Waals surface area (Å²) in [6.45, 7) is -0.583. The molecular weight excluding hydrogens is 367 g/mol. The number of hydrazone groups is 1. The first-order chi connectivity index (χ1) is 12.3. The van der Waals surface area contributed by atoms with Crippen molar-refractivity contribution in [1.29, 1.82) is 0 Å². The number of amides is 1. The first-order valence-corrected chi connectivity index (χ1v) is 8.58. The molecule has 0 spiro atoms. The Hall–Kier alpha value is -3.18. The fourth-order valence-electron chi connectivity index (χ4n) is 1.76. The largest absolute Gasteiger partial charge is 0.272 e. The smallest absolute Gasteiger partial charge is 0.269 e. The molecule has 26 heavy (non-hydrogen) atoms. The second-order valence-corrected chi connectivity index (χ2v) is 6.69. The number of nitro groups is 1. The number of nitrogens with zero attached hydrogens (tertiary/aromatic N) is 2. The molecule has 11 heteroatoms. The van der Waals surface area contributed by atoms with E-state index in [0.717, 1.165) is 24.3 Å². The second kappa shape index (κ2) is 8.27.